The third-order valence-corrected chi connectivity index (χ3v) is 4.65. The van der Waals surface area contributed by atoms with E-state index in [1.165, 1.54) is 5.56 Å². The topological polar surface area (TPSA) is 29.9 Å². The van der Waals surface area contributed by atoms with Crippen molar-refractivity contribution in [3.8, 4) is 0 Å². The average Bonchev–Trinajstić information content (AvgIpc) is 2.73. The molecule has 0 saturated heterocycles. The maximum atomic E-state index is 6.44. The van der Waals surface area contributed by atoms with Gasteiger partial charge in [-0.15, -0.1) is 0 Å². The molecule has 3 nitrogen and oxygen atoms in total. The molecule has 1 N–H and O–H groups in total. The number of aromatic nitrogens is 2. The SMILES string of the molecule is CCc1nn(C)c(CC(Cc2cccc(Br)c2)NC)c1Cl. The van der Waals surface area contributed by atoms with Gasteiger partial charge in [-0.25, -0.2) is 0 Å². The molecule has 1 atom stereocenters. The van der Waals surface area contributed by atoms with Gasteiger partial charge in [0.2, 0.25) is 0 Å². The van der Waals surface area contributed by atoms with Crippen LogP contribution in [0, 0.1) is 0 Å². The van der Waals surface area contributed by atoms with Crippen molar-refractivity contribution in [3.63, 3.8) is 0 Å². The van der Waals surface area contributed by atoms with E-state index in [2.05, 4.69) is 51.5 Å². The molecule has 1 aromatic carbocycles. The molecular weight excluding hydrogens is 350 g/mol. The molecular formula is C16H21BrClN3. The first kappa shape index (κ1) is 16.5. The molecule has 0 aliphatic heterocycles. The second-order valence-electron chi connectivity index (χ2n) is 5.21. The summed E-state index contributed by atoms with van der Waals surface area (Å²) < 4.78 is 3.02. The Morgan fingerprint density at radius 3 is 2.71 bits per heavy atom. The lowest BCUT2D eigenvalue weighted by molar-refractivity contribution is 0.533. The van der Waals surface area contributed by atoms with Gasteiger partial charge in [0, 0.05) is 24.0 Å². The van der Waals surface area contributed by atoms with Crippen molar-refractivity contribution in [2.45, 2.75) is 32.2 Å². The quantitative estimate of drug-likeness (QED) is 0.839. The Balaban J connectivity index is 2.14. The van der Waals surface area contributed by atoms with Crippen LogP contribution in [0.25, 0.3) is 0 Å². The summed E-state index contributed by atoms with van der Waals surface area (Å²) in [4.78, 5) is 0. The lowest BCUT2D eigenvalue weighted by Gasteiger charge is -2.17. The Morgan fingerprint density at radius 1 is 1.38 bits per heavy atom. The Kier molecular flexibility index (Phi) is 5.85. The van der Waals surface area contributed by atoms with Gasteiger partial charge in [0.05, 0.1) is 16.4 Å². The first-order valence-electron chi connectivity index (χ1n) is 7.17. The fraction of sp³-hybridized carbons (Fsp3) is 0.438. The van der Waals surface area contributed by atoms with Crippen molar-refractivity contribution in [2.75, 3.05) is 7.05 Å². The molecule has 5 heteroatoms. The number of halogens is 2. The lowest BCUT2D eigenvalue weighted by atomic mass is 10.0. The Labute approximate surface area is 139 Å². The van der Waals surface area contributed by atoms with Crippen LogP contribution in [0.5, 0.6) is 0 Å². The van der Waals surface area contributed by atoms with Crippen LogP contribution in [0.15, 0.2) is 28.7 Å². The third-order valence-electron chi connectivity index (χ3n) is 3.72. The van der Waals surface area contributed by atoms with Gasteiger partial charge in [-0.1, -0.05) is 46.6 Å². The Hall–Kier alpha value is -0.840. The first-order chi connectivity index (χ1) is 10.0. The van der Waals surface area contributed by atoms with Crippen molar-refractivity contribution < 1.29 is 0 Å². The van der Waals surface area contributed by atoms with Crippen LogP contribution in [0.4, 0.5) is 0 Å². The molecule has 21 heavy (non-hydrogen) atoms. The lowest BCUT2D eigenvalue weighted by Crippen LogP contribution is -2.30. The zero-order valence-corrected chi connectivity index (χ0v) is 15.0. The molecule has 114 valence electrons. The predicted octanol–water partition coefficient (Wildman–Crippen LogP) is 3.77. The third kappa shape index (κ3) is 4.09. The molecule has 1 unspecified atom stereocenters. The molecule has 1 heterocycles. The first-order valence-corrected chi connectivity index (χ1v) is 8.34. The van der Waals surface area contributed by atoms with Crippen LogP contribution >= 0.6 is 27.5 Å². The van der Waals surface area contributed by atoms with Gasteiger partial charge in [0.15, 0.2) is 0 Å². The summed E-state index contributed by atoms with van der Waals surface area (Å²) >= 11 is 9.96. The Bertz CT molecular complexity index is 610. The molecule has 0 amide bonds. The second kappa shape index (κ2) is 7.43. The summed E-state index contributed by atoms with van der Waals surface area (Å²) in [6.07, 6.45) is 2.69. The average molecular weight is 371 g/mol. The molecule has 0 aliphatic rings. The number of aryl methyl sites for hydroxylation is 2. The molecule has 0 spiro atoms. The zero-order chi connectivity index (χ0) is 15.4. The maximum absolute atomic E-state index is 6.44. The summed E-state index contributed by atoms with van der Waals surface area (Å²) in [6, 6.07) is 8.75. The fourth-order valence-corrected chi connectivity index (χ4v) is 3.32. The van der Waals surface area contributed by atoms with Gasteiger partial charge < -0.3 is 5.32 Å². The molecule has 1 aromatic heterocycles. The van der Waals surface area contributed by atoms with Gasteiger partial charge in [0.25, 0.3) is 0 Å². The highest BCUT2D eigenvalue weighted by Gasteiger charge is 2.17. The van der Waals surface area contributed by atoms with Gasteiger partial charge in [-0.05, 0) is 37.6 Å². The van der Waals surface area contributed by atoms with Gasteiger partial charge in [-0.3, -0.25) is 4.68 Å². The summed E-state index contributed by atoms with van der Waals surface area (Å²) in [5.41, 5.74) is 3.38. The Morgan fingerprint density at radius 2 is 2.14 bits per heavy atom. The molecule has 0 radical (unpaired) electrons. The van der Waals surface area contributed by atoms with Crippen molar-refractivity contribution in [1.29, 1.82) is 0 Å². The summed E-state index contributed by atoms with van der Waals surface area (Å²) in [6.45, 7) is 2.08. The summed E-state index contributed by atoms with van der Waals surface area (Å²) in [5.74, 6) is 0. The number of nitrogens with zero attached hydrogens (tertiary/aromatic N) is 2. The van der Waals surface area contributed by atoms with E-state index in [0.29, 0.717) is 6.04 Å². The summed E-state index contributed by atoms with van der Waals surface area (Å²) in [5, 5.41) is 8.69. The normalized spacial score (nSPS) is 12.6. The smallest absolute Gasteiger partial charge is 0.0850 e. The molecule has 0 fully saturated rings. The van der Waals surface area contributed by atoms with Crippen LogP contribution in [0.3, 0.4) is 0 Å². The number of hydrogen-bond donors (Lipinski definition) is 1. The van der Waals surface area contributed by atoms with Crippen LogP contribution in [0.1, 0.15) is 23.9 Å². The van der Waals surface area contributed by atoms with Gasteiger partial charge >= 0.3 is 0 Å². The molecule has 0 aliphatic carbocycles. The van der Waals surface area contributed by atoms with E-state index in [4.69, 9.17) is 11.6 Å². The number of benzene rings is 1. The second-order valence-corrected chi connectivity index (χ2v) is 6.50. The van der Waals surface area contributed by atoms with Crippen molar-refractivity contribution >= 4 is 27.5 Å². The van der Waals surface area contributed by atoms with E-state index in [-0.39, 0.29) is 0 Å². The largest absolute Gasteiger partial charge is 0.316 e. The summed E-state index contributed by atoms with van der Waals surface area (Å²) in [7, 11) is 3.96. The van der Waals surface area contributed by atoms with Crippen LogP contribution in [-0.4, -0.2) is 22.9 Å². The molecule has 2 aromatic rings. The standard InChI is InChI=1S/C16H21BrClN3/c1-4-14-16(18)15(21(3)20-14)10-13(19-2)9-11-6-5-7-12(17)8-11/h5-8,13,19H,4,9-10H2,1-3H3. The number of nitrogens with one attached hydrogen (secondary N) is 1. The number of hydrogen-bond acceptors (Lipinski definition) is 2. The number of likely N-dealkylation sites (N-methyl/N-ethyl adjacent to an activating group) is 1. The minimum absolute atomic E-state index is 0.330. The van der Waals surface area contributed by atoms with E-state index in [1.54, 1.807) is 0 Å². The predicted molar refractivity (Wildman–Crippen MR) is 92.0 cm³/mol. The minimum Gasteiger partial charge on any atom is -0.316 e. The van der Waals surface area contributed by atoms with Crippen molar-refractivity contribution in [3.05, 3.63) is 50.7 Å². The monoisotopic (exact) mass is 369 g/mol. The highest BCUT2D eigenvalue weighted by atomic mass is 79.9. The molecule has 0 bridgehead atoms. The van der Waals surface area contributed by atoms with Crippen LogP contribution in [-0.2, 0) is 26.3 Å². The highest BCUT2D eigenvalue weighted by molar-refractivity contribution is 9.10. The molecule has 0 saturated carbocycles. The van der Waals surface area contributed by atoms with E-state index in [9.17, 15) is 0 Å². The molecule has 2 rings (SSSR count). The van der Waals surface area contributed by atoms with Crippen molar-refractivity contribution in [2.24, 2.45) is 7.05 Å². The maximum Gasteiger partial charge on any atom is 0.0850 e. The minimum atomic E-state index is 0.330. The van der Waals surface area contributed by atoms with Crippen LogP contribution in [0.2, 0.25) is 5.02 Å². The van der Waals surface area contributed by atoms with Crippen molar-refractivity contribution in [1.82, 2.24) is 15.1 Å². The zero-order valence-electron chi connectivity index (χ0n) is 12.7. The van der Waals surface area contributed by atoms with E-state index < -0.39 is 0 Å². The number of rotatable bonds is 6. The van der Waals surface area contributed by atoms with Gasteiger partial charge in [-0.2, -0.15) is 5.10 Å². The van der Waals surface area contributed by atoms with E-state index in [1.807, 2.05) is 24.8 Å². The van der Waals surface area contributed by atoms with E-state index in [0.717, 1.165) is 40.1 Å². The van der Waals surface area contributed by atoms with Gasteiger partial charge in [0.1, 0.15) is 0 Å². The van der Waals surface area contributed by atoms with E-state index >= 15 is 0 Å². The van der Waals surface area contributed by atoms with Crippen LogP contribution < -0.4 is 5.32 Å². The fourth-order valence-electron chi connectivity index (χ4n) is 2.50. The highest BCUT2D eigenvalue weighted by Crippen LogP contribution is 2.23.